The van der Waals surface area contributed by atoms with Gasteiger partial charge in [-0.1, -0.05) is 17.7 Å². The summed E-state index contributed by atoms with van der Waals surface area (Å²) in [6.07, 6.45) is 5.01. The summed E-state index contributed by atoms with van der Waals surface area (Å²) in [5.74, 6) is 0.637. The number of pyridine rings is 1. The molecule has 1 aromatic carbocycles. The molecule has 1 amide bonds. The first kappa shape index (κ1) is 18.8. The van der Waals surface area contributed by atoms with Crippen molar-refractivity contribution in [1.29, 1.82) is 0 Å². The lowest BCUT2D eigenvalue weighted by molar-refractivity contribution is -0.150. The summed E-state index contributed by atoms with van der Waals surface area (Å²) in [4.78, 5) is 19.6. The maximum Gasteiger partial charge on any atom is 0.266 e. The Morgan fingerprint density at radius 3 is 2.75 bits per heavy atom. The number of nitrogens with zero attached hydrogens (tertiary/aromatic N) is 3. The second kappa shape index (κ2) is 7.81. The van der Waals surface area contributed by atoms with Crippen LogP contribution in [0.1, 0.15) is 18.5 Å². The van der Waals surface area contributed by atoms with Crippen LogP contribution in [0.3, 0.4) is 0 Å². The highest BCUT2D eigenvalue weighted by molar-refractivity contribution is 6.30. The minimum atomic E-state index is -0.881. The summed E-state index contributed by atoms with van der Waals surface area (Å²) < 4.78 is 8.27. The summed E-state index contributed by atoms with van der Waals surface area (Å²) in [5, 5.41) is 3.95. The molecule has 0 atom stereocenters. The molecule has 0 radical (unpaired) electrons. The molecule has 0 saturated carbocycles. The topological polar surface area (TPSA) is 58.9 Å². The number of aromatic nitrogens is 2. The van der Waals surface area contributed by atoms with Crippen LogP contribution in [0.4, 0.5) is 0 Å². The zero-order valence-corrected chi connectivity index (χ0v) is 16.5. The van der Waals surface area contributed by atoms with E-state index in [4.69, 9.17) is 16.3 Å². The van der Waals surface area contributed by atoms with E-state index < -0.39 is 5.60 Å². The predicted octanol–water partition coefficient (Wildman–Crippen LogP) is 3.15. The van der Waals surface area contributed by atoms with E-state index in [1.54, 1.807) is 17.0 Å². The van der Waals surface area contributed by atoms with E-state index in [2.05, 4.69) is 10.3 Å². The van der Waals surface area contributed by atoms with Crippen molar-refractivity contribution in [2.24, 2.45) is 0 Å². The highest BCUT2D eigenvalue weighted by Crippen LogP contribution is 2.29. The second-order valence-corrected chi connectivity index (χ2v) is 7.58. The molecule has 1 aliphatic rings. The fourth-order valence-corrected chi connectivity index (χ4v) is 3.81. The largest absolute Gasteiger partial charge is 0.477 e. The zero-order valence-electron chi connectivity index (χ0n) is 15.8. The fraction of sp³-hybridized carbons (Fsp3) is 0.333. The number of hydrogen-bond acceptors (Lipinski definition) is 4. The van der Waals surface area contributed by atoms with Crippen molar-refractivity contribution in [3.63, 3.8) is 0 Å². The van der Waals surface area contributed by atoms with Crippen LogP contribution in [0.25, 0.3) is 5.65 Å². The quantitative estimate of drug-likeness (QED) is 0.717. The Hall–Kier alpha value is -2.57. The van der Waals surface area contributed by atoms with E-state index in [1.165, 1.54) is 0 Å². The van der Waals surface area contributed by atoms with Crippen molar-refractivity contribution >= 4 is 23.2 Å². The van der Waals surface area contributed by atoms with Crippen LogP contribution in [0.15, 0.2) is 54.9 Å². The maximum absolute atomic E-state index is 13.5. The first-order chi connectivity index (χ1) is 13.6. The predicted molar refractivity (Wildman–Crippen MR) is 109 cm³/mol. The monoisotopic (exact) mass is 398 g/mol. The van der Waals surface area contributed by atoms with Gasteiger partial charge in [0.15, 0.2) is 5.60 Å². The van der Waals surface area contributed by atoms with Crippen LogP contribution in [-0.4, -0.2) is 45.9 Å². The van der Waals surface area contributed by atoms with Gasteiger partial charge in [-0.05, 0) is 49.5 Å². The molecule has 6 nitrogen and oxygen atoms in total. The summed E-state index contributed by atoms with van der Waals surface area (Å²) in [6.45, 7) is 1.94. The molecular formula is C21H23ClN4O2. The molecule has 0 unspecified atom stereocenters. The average molecular weight is 399 g/mol. The number of carbonyl (C=O) groups excluding carboxylic acids is 1. The van der Waals surface area contributed by atoms with E-state index in [0.717, 1.165) is 24.4 Å². The number of nitrogens with one attached hydrogen (secondary N) is 1. The highest BCUT2D eigenvalue weighted by atomic mass is 35.5. The zero-order chi connectivity index (χ0) is 19.6. The third-order valence-corrected chi connectivity index (χ3v) is 5.42. The number of fused-ring (bicyclic) bond motifs is 1. The van der Waals surface area contributed by atoms with E-state index >= 15 is 0 Å². The van der Waals surface area contributed by atoms with E-state index in [-0.39, 0.29) is 5.91 Å². The lowest BCUT2D eigenvalue weighted by Crippen LogP contribution is -2.56. The Balaban J connectivity index is 1.57. The molecule has 28 heavy (non-hydrogen) atoms. The maximum atomic E-state index is 13.5. The average Bonchev–Trinajstić information content (AvgIpc) is 3.13. The third-order valence-electron chi connectivity index (χ3n) is 5.17. The van der Waals surface area contributed by atoms with Crippen LogP contribution in [0.2, 0.25) is 5.02 Å². The number of imidazole rings is 1. The summed E-state index contributed by atoms with van der Waals surface area (Å²) >= 11 is 5.98. The van der Waals surface area contributed by atoms with Gasteiger partial charge in [0.2, 0.25) is 0 Å². The van der Waals surface area contributed by atoms with E-state index in [1.807, 2.05) is 54.2 Å². The van der Waals surface area contributed by atoms with Gasteiger partial charge in [-0.25, -0.2) is 4.98 Å². The molecule has 146 valence electrons. The smallest absolute Gasteiger partial charge is 0.266 e. The molecule has 1 N–H and O–H groups in total. The summed E-state index contributed by atoms with van der Waals surface area (Å²) in [6, 6.07) is 13.0. The Kier molecular flexibility index (Phi) is 5.24. The SMILES string of the molecule is CN(Cc1cnc2ccccn12)C(=O)C1(Oc2ccc(Cl)cc2)CCNCC1. The number of halogens is 1. The van der Waals surface area contributed by atoms with Gasteiger partial charge in [0.1, 0.15) is 11.4 Å². The number of likely N-dealkylation sites (N-methyl/N-ethyl adjacent to an activating group) is 1. The number of benzene rings is 1. The van der Waals surface area contributed by atoms with Crippen LogP contribution in [-0.2, 0) is 11.3 Å². The number of ether oxygens (including phenoxy) is 1. The van der Waals surface area contributed by atoms with Gasteiger partial charge in [0.25, 0.3) is 5.91 Å². The Labute approximate surface area is 169 Å². The fourth-order valence-electron chi connectivity index (χ4n) is 3.68. The van der Waals surface area contributed by atoms with Crippen molar-refractivity contribution < 1.29 is 9.53 Å². The minimum absolute atomic E-state index is 0.0187. The minimum Gasteiger partial charge on any atom is -0.477 e. The molecular weight excluding hydrogens is 376 g/mol. The van der Waals surface area contributed by atoms with Crippen LogP contribution in [0.5, 0.6) is 5.75 Å². The van der Waals surface area contributed by atoms with E-state index in [9.17, 15) is 4.79 Å². The highest BCUT2D eigenvalue weighted by Gasteiger charge is 2.44. The molecule has 7 heteroatoms. The van der Waals surface area contributed by atoms with Crippen molar-refractivity contribution in [2.45, 2.75) is 25.0 Å². The van der Waals surface area contributed by atoms with Crippen molar-refractivity contribution in [3.05, 3.63) is 65.6 Å². The number of hydrogen-bond donors (Lipinski definition) is 1. The van der Waals surface area contributed by atoms with Gasteiger partial charge in [-0.15, -0.1) is 0 Å². The van der Waals surface area contributed by atoms with Crippen molar-refractivity contribution in [2.75, 3.05) is 20.1 Å². The lowest BCUT2D eigenvalue weighted by Gasteiger charge is -2.39. The Morgan fingerprint density at radius 1 is 1.25 bits per heavy atom. The number of carbonyl (C=O) groups is 1. The summed E-state index contributed by atoms with van der Waals surface area (Å²) in [5.41, 5.74) is 0.947. The number of amides is 1. The molecule has 3 heterocycles. The van der Waals surface area contributed by atoms with Gasteiger partial charge in [0.05, 0.1) is 18.4 Å². The lowest BCUT2D eigenvalue weighted by atomic mass is 9.90. The molecule has 1 aliphatic heterocycles. The molecule has 2 aromatic heterocycles. The van der Waals surface area contributed by atoms with Gasteiger partial charge < -0.3 is 19.4 Å². The first-order valence-electron chi connectivity index (χ1n) is 9.39. The molecule has 4 rings (SSSR count). The Bertz CT molecular complexity index is 964. The normalized spacial score (nSPS) is 16.1. The van der Waals surface area contributed by atoms with Gasteiger partial charge in [0, 0.05) is 31.1 Å². The first-order valence-corrected chi connectivity index (χ1v) is 9.77. The molecule has 1 fully saturated rings. The molecule has 3 aromatic rings. The second-order valence-electron chi connectivity index (χ2n) is 7.14. The van der Waals surface area contributed by atoms with Crippen LogP contribution < -0.4 is 10.1 Å². The molecule has 1 saturated heterocycles. The van der Waals surface area contributed by atoms with Gasteiger partial charge in [-0.3, -0.25) is 4.79 Å². The van der Waals surface area contributed by atoms with Crippen molar-refractivity contribution in [3.8, 4) is 5.75 Å². The number of rotatable bonds is 5. The summed E-state index contributed by atoms with van der Waals surface area (Å²) in [7, 11) is 1.82. The number of piperidine rings is 1. The third kappa shape index (κ3) is 3.70. The molecule has 0 bridgehead atoms. The van der Waals surface area contributed by atoms with E-state index in [0.29, 0.717) is 30.2 Å². The van der Waals surface area contributed by atoms with Crippen molar-refractivity contribution in [1.82, 2.24) is 19.6 Å². The Morgan fingerprint density at radius 2 is 2.00 bits per heavy atom. The molecule has 0 spiro atoms. The van der Waals surface area contributed by atoms with Crippen LogP contribution in [0, 0.1) is 0 Å². The molecule has 0 aliphatic carbocycles. The van der Waals surface area contributed by atoms with Gasteiger partial charge in [-0.2, -0.15) is 0 Å². The van der Waals surface area contributed by atoms with Gasteiger partial charge >= 0.3 is 0 Å². The standard InChI is InChI=1S/C21H23ClN4O2/c1-25(15-17-14-24-19-4-2-3-13-26(17)19)20(27)21(9-11-23-12-10-21)28-18-7-5-16(22)6-8-18/h2-8,13-14,23H,9-12,15H2,1H3. The van der Waals surface area contributed by atoms with Crippen LogP contribution >= 0.6 is 11.6 Å².